The number of anilines is 1. The van der Waals surface area contributed by atoms with Crippen molar-refractivity contribution in [2.75, 3.05) is 37.7 Å². The minimum atomic E-state index is 0. The molecule has 2 heterocycles. The van der Waals surface area contributed by atoms with E-state index in [4.69, 9.17) is 4.74 Å². The lowest BCUT2D eigenvalue weighted by atomic mass is 10.0. The van der Waals surface area contributed by atoms with Gasteiger partial charge in [0.25, 0.3) is 0 Å². The molecule has 3 rings (SSSR count). The Bertz CT molecular complexity index is 484. The minimum absolute atomic E-state index is 0. The zero-order chi connectivity index (χ0) is 15.2. The van der Waals surface area contributed by atoms with Gasteiger partial charge in [-0.05, 0) is 25.0 Å². The number of halogens is 2. The Morgan fingerprint density at radius 3 is 2.79 bits per heavy atom. The van der Waals surface area contributed by atoms with E-state index in [1.54, 1.807) is 0 Å². The molecule has 2 N–H and O–H groups in total. The average Bonchev–Trinajstić information content (AvgIpc) is 2.57. The van der Waals surface area contributed by atoms with E-state index >= 15 is 0 Å². The normalized spacial score (nSPS) is 23.6. The number of morpholine rings is 1. The minimum Gasteiger partial charge on any atom is -0.378 e. The van der Waals surface area contributed by atoms with Crippen molar-refractivity contribution in [2.24, 2.45) is 0 Å². The largest absolute Gasteiger partial charge is 0.378 e. The van der Waals surface area contributed by atoms with Crippen LogP contribution in [0, 0.1) is 0 Å². The van der Waals surface area contributed by atoms with Gasteiger partial charge in [0, 0.05) is 43.8 Å². The van der Waals surface area contributed by atoms with Crippen LogP contribution in [0.15, 0.2) is 30.3 Å². The first-order chi connectivity index (χ1) is 10.8. The van der Waals surface area contributed by atoms with Crippen LogP contribution >= 0.6 is 24.8 Å². The van der Waals surface area contributed by atoms with Gasteiger partial charge in [0.15, 0.2) is 0 Å². The summed E-state index contributed by atoms with van der Waals surface area (Å²) in [4.78, 5) is 14.6. The molecule has 2 atom stereocenters. The highest BCUT2D eigenvalue weighted by Crippen LogP contribution is 2.19. The molecule has 0 aromatic heterocycles. The summed E-state index contributed by atoms with van der Waals surface area (Å²) in [6, 6.07) is 10.8. The molecule has 5 nitrogen and oxygen atoms in total. The molecule has 136 valence electrons. The monoisotopic (exact) mass is 375 g/mol. The molecule has 0 radical (unpaired) electrons. The molecule has 0 spiro atoms. The third-order valence-electron chi connectivity index (χ3n) is 4.34. The van der Waals surface area contributed by atoms with E-state index in [9.17, 15) is 4.79 Å². The summed E-state index contributed by atoms with van der Waals surface area (Å²) in [5, 5.41) is 6.52. The number of hydrogen-bond donors (Lipinski definition) is 2. The summed E-state index contributed by atoms with van der Waals surface area (Å²) in [5.41, 5.74) is 1.24. The maximum Gasteiger partial charge on any atom is 0.221 e. The SMILES string of the molecule is Cl.Cl.O=C(CC1COCCN1)NC1CCCN(c2ccccc2)C1. The van der Waals surface area contributed by atoms with Crippen molar-refractivity contribution in [3.63, 3.8) is 0 Å². The highest BCUT2D eigenvalue weighted by atomic mass is 35.5. The third-order valence-corrected chi connectivity index (χ3v) is 4.34. The quantitative estimate of drug-likeness (QED) is 0.844. The maximum absolute atomic E-state index is 12.2. The Balaban J connectivity index is 0.00000144. The van der Waals surface area contributed by atoms with E-state index < -0.39 is 0 Å². The van der Waals surface area contributed by atoms with Gasteiger partial charge in [0.2, 0.25) is 5.91 Å². The van der Waals surface area contributed by atoms with E-state index in [0.717, 1.165) is 39.1 Å². The second-order valence-corrected chi connectivity index (χ2v) is 6.12. The summed E-state index contributed by atoms with van der Waals surface area (Å²) >= 11 is 0. The van der Waals surface area contributed by atoms with Gasteiger partial charge in [-0.1, -0.05) is 18.2 Å². The number of piperidine rings is 1. The van der Waals surface area contributed by atoms with Crippen LogP contribution in [-0.2, 0) is 9.53 Å². The Morgan fingerprint density at radius 1 is 1.29 bits per heavy atom. The molecule has 1 aromatic carbocycles. The topological polar surface area (TPSA) is 53.6 Å². The first-order valence-corrected chi connectivity index (χ1v) is 8.22. The van der Waals surface area contributed by atoms with Crippen LogP contribution in [0.1, 0.15) is 19.3 Å². The second-order valence-electron chi connectivity index (χ2n) is 6.12. The smallest absolute Gasteiger partial charge is 0.221 e. The number of para-hydroxylation sites is 1. The molecule has 0 aliphatic carbocycles. The average molecular weight is 376 g/mol. The lowest BCUT2D eigenvalue weighted by Crippen LogP contribution is -2.50. The van der Waals surface area contributed by atoms with Crippen LogP contribution in [0.2, 0.25) is 0 Å². The molecular formula is C17H27Cl2N3O2. The van der Waals surface area contributed by atoms with E-state index in [2.05, 4.69) is 39.8 Å². The van der Waals surface area contributed by atoms with Crippen molar-refractivity contribution in [2.45, 2.75) is 31.3 Å². The third kappa shape index (κ3) is 6.13. The number of rotatable bonds is 4. The summed E-state index contributed by atoms with van der Waals surface area (Å²) in [5.74, 6) is 0.128. The molecule has 2 aliphatic rings. The maximum atomic E-state index is 12.2. The molecule has 2 saturated heterocycles. The van der Waals surface area contributed by atoms with E-state index in [-0.39, 0.29) is 42.8 Å². The van der Waals surface area contributed by atoms with Gasteiger partial charge < -0.3 is 20.3 Å². The van der Waals surface area contributed by atoms with Crippen molar-refractivity contribution in [1.29, 1.82) is 0 Å². The summed E-state index contributed by atoms with van der Waals surface area (Å²) < 4.78 is 5.40. The first-order valence-electron chi connectivity index (χ1n) is 8.22. The van der Waals surface area contributed by atoms with Crippen molar-refractivity contribution in [1.82, 2.24) is 10.6 Å². The fraction of sp³-hybridized carbons (Fsp3) is 0.588. The number of benzene rings is 1. The number of nitrogens with one attached hydrogen (secondary N) is 2. The molecule has 7 heteroatoms. The Labute approximate surface area is 156 Å². The molecule has 2 fully saturated rings. The number of hydrogen-bond acceptors (Lipinski definition) is 4. The van der Waals surface area contributed by atoms with Crippen LogP contribution in [0.3, 0.4) is 0 Å². The molecular weight excluding hydrogens is 349 g/mol. The number of ether oxygens (including phenoxy) is 1. The Morgan fingerprint density at radius 2 is 2.08 bits per heavy atom. The van der Waals surface area contributed by atoms with E-state index in [0.29, 0.717) is 13.0 Å². The molecule has 1 amide bonds. The standard InChI is InChI=1S/C17H25N3O2.2ClH/c21-17(11-15-13-22-10-8-18-15)19-14-5-4-9-20(12-14)16-6-2-1-3-7-16;;/h1-3,6-7,14-15,18H,4-5,8-13H2,(H,19,21);2*1H. The fourth-order valence-corrected chi connectivity index (χ4v) is 3.23. The lowest BCUT2D eigenvalue weighted by Gasteiger charge is -2.35. The molecule has 0 saturated carbocycles. The predicted molar refractivity (Wildman–Crippen MR) is 102 cm³/mol. The van der Waals surface area contributed by atoms with Crippen LogP contribution in [0.5, 0.6) is 0 Å². The van der Waals surface area contributed by atoms with Crippen molar-refractivity contribution >= 4 is 36.4 Å². The Hall–Kier alpha value is -1.01. The number of nitrogens with zero attached hydrogens (tertiary/aromatic N) is 1. The van der Waals surface area contributed by atoms with Gasteiger partial charge in [-0.2, -0.15) is 0 Å². The molecule has 24 heavy (non-hydrogen) atoms. The van der Waals surface area contributed by atoms with Crippen LogP contribution < -0.4 is 15.5 Å². The summed E-state index contributed by atoms with van der Waals surface area (Å²) in [6.07, 6.45) is 2.68. The zero-order valence-corrected chi connectivity index (χ0v) is 15.4. The van der Waals surface area contributed by atoms with Crippen LogP contribution in [0.25, 0.3) is 0 Å². The zero-order valence-electron chi connectivity index (χ0n) is 13.8. The summed E-state index contributed by atoms with van der Waals surface area (Å²) in [7, 11) is 0. The van der Waals surface area contributed by atoms with Crippen molar-refractivity contribution in [3.05, 3.63) is 30.3 Å². The van der Waals surface area contributed by atoms with E-state index in [1.165, 1.54) is 5.69 Å². The fourth-order valence-electron chi connectivity index (χ4n) is 3.23. The van der Waals surface area contributed by atoms with Gasteiger partial charge >= 0.3 is 0 Å². The molecule has 1 aromatic rings. The van der Waals surface area contributed by atoms with Crippen LogP contribution in [-0.4, -0.2) is 50.8 Å². The predicted octanol–water partition coefficient (Wildman–Crippen LogP) is 1.99. The number of amides is 1. The highest BCUT2D eigenvalue weighted by Gasteiger charge is 2.23. The summed E-state index contributed by atoms with van der Waals surface area (Å²) in [6.45, 7) is 4.17. The number of carbonyl (C=O) groups is 1. The first kappa shape index (κ1) is 21.0. The lowest BCUT2D eigenvalue weighted by molar-refractivity contribution is -0.123. The molecule has 2 aliphatic heterocycles. The van der Waals surface area contributed by atoms with Crippen molar-refractivity contribution < 1.29 is 9.53 Å². The second kappa shape index (κ2) is 10.8. The molecule has 2 unspecified atom stereocenters. The molecule has 0 bridgehead atoms. The highest BCUT2D eigenvalue weighted by molar-refractivity contribution is 5.85. The van der Waals surface area contributed by atoms with Gasteiger partial charge in [-0.3, -0.25) is 4.79 Å². The van der Waals surface area contributed by atoms with E-state index in [1.807, 2.05) is 6.07 Å². The van der Waals surface area contributed by atoms with Crippen molar-refractivity contribution in [3.8, 4) is 0 Å². The van der Waals surface area contributed by atoms with Gasteiger partial charge in [-0.15, -0.1) is 24.8 Å². The number of carbonyl (C=O) groups excluding carboxylic acids is 1. The van der Waals surface area contributed by atoms with Gasteiger partial charge in [-0.25, -0.2) is 0 Å². The van der Waals surface area contributed by atoms with Crippen LogP contribution in [0.4, 0.5) is 5.69 Å². The van der Waals surface area contributed by atoms with Gasteiger partial charge in [0.05, 0.1) is 13.2 Å². The Kier molecular flexibility index (Phi) is 9.44. The van der Waals surface area contributed by atoms with Gasteiger partial charge in [0.1, 0.15) is 0 Å².